The summed E-state index contributed by atoms with van der Waals surface area (Å²) < 4.78 is 28.8. The zero-order valence-electron chi connectivity index (χ0n) is 11.5. The molecular formula is C13H18N4O2S. The molecule has 1 aromatic heterocycles. The van der Waals surface area contributed by atoms with Crippen LogP contribution >= 0.6 is 0 Å². The minimum absolute atomic E-state index is 0.257. The van der Waals surface area contributed by atoms with Crippen molar-refractivity contribution in [1.29, 1.82) is 0 Å². The van der Waals surface area contributed by atoms with Gasteiger partial charge in [-0.1, -0.05) is 12.1 Å². The molecule has 6 nitrogen and oxygen atoms in total. The van der Waals surface area contributed by atoms with E-state index >= 15 is 0 Å². The molecule has 108 valence electrons. The number of nitrogens with one attached hydrogen (secondary N) is 2. The van der Waals surface area contributed by atoms with Gasteiger partial charge in [0, 0.05) is 39.0 Å². The van der Waals surface area contributed by atoms with E-state index in [2.05, 4.69) is 15.1 Å². The number of hydrogen-bond acceptors (Lipinski definition) is 4. The number of anilines is 1. The lowest BCUT2D eigenvalue weighted by molar-refractivity contribution is 0.580. The molecule has 1 aromatic carbocycles. The minimum Gasteiger partial charge on any atom is -0.387 e. The number of aryl methyl sites for hydroxylation is 1. The molecule has 0 spiro atoms. The van der Waals surface area contributed by atoms with Crippen molar-refractivity contribution in [3.63, 3.8) is 0 Å². The monoisotopic (exact) mass is 294 g/mol. The summed E-state index contributed by atoms with van der Waals surface area (Å²) in [6.45, 7) is 0.333. The van der Waals surface area contributed by atoms with Gasteiger partial charge in [0.1, 0.15) is 4.90 Å². The molecule has 2 N–H and O–H groups in total. The van der Waals surface area contributed by atoms with Gasteiger partial charge in [-0.15, -0.1) is 0 Å². The molecule has 0 aliphatic rings. The highest BCUT2D eigenvalue weighted by Crippen LogP contribution is 2.19. The number of aromatic nitrogens is 2. The maximum atomic E-state index is 12.3. The van der Waals surface area contributed by atoms with Crippen molar-refractivity contribution < 1.29 is 8.42 Å². The molecule has 0 aliphatic heterocycles. The second kappa shape index (κ2) is 6.06. The molecule has 0 saturated carbocycles. The predicted octanol–water partition coefficient (Wildman–Crippen LogP) is 0.983. The highest BCUT2D eigenvalue weighted by atomic mass is 32.2. The molecule has 20 heavy (non-hydrogen) atoms. The Hall–Kier alpha value is -1.86. The van der Waals surface area contributed by atoms with Crippen molar-refractivity contribution in [2.75, 3.05) is 18.9 Å². The maximum Gasteiger partial charge on any atom is 0.242 e. The largest absolute Gasteiger partial charge is 0.387 e. The van der Waals surface area contributed by atoms with E-state index < -0.39 is 10.0 Å². The van der Waals surface area contributed by atoms with Crippen molar-refractivity contribution in [1.82, 2.24) is 14.5 Å². The summed E-state index contributed by atoms with van der Waals surface area (Å²) in [5, 5.41) is 6.93. The first-order valence-electron chi connectivity index (χ1n) is 6.28. The van der Waals surface area contributed by atoms with E-state index in [4.69, 9.17) is 0 Å². The summed E-state index contributed by atoms with van der Waals surface area (Å²) in [5.74, 6) is 0. The van der Waals surface area contributed by atoms with E-state index in [-0.39, 0.29) is 4.90 Å². The number of para-hydroxylation sites is 1. The second-order valence-electron chi connectivity index (χ2n) is 4.34. The summed E-state index contributed by atoms with van der Waals surface area (Å²) in [5.41, 5.74) is 1.56. The van der Waals surface area contributed by atoms with Crippen molar-refractivity contribution in [2.24, 2.45) is 7.05 Å². The summed E-state index contributed by atoms with van der Waals surface area (Å²) in [4.78, 5) is 0.257. The number of hydrogen-bond donors (Lipinski definition) is 2. The lowest BCUT2D eigenvalue weighted by Gasteiger charge is -2.11. The number of rotatable bonds is 6. The molecule has 1 heterocycles. The molecule has 0 radical (unpaired) electrons. The van der Waals surface area contributed by atoms with Crippen LogP contribution in [0.2, 0.25) is 0 Å². The van der Waals surface area contributed by atoms with Gasteiger partial charge in [-0.2, -0.15) is 5.10 Å². The summed E-state index contributed by atoms with van der Waals surface area (Å²) in [6.07, 6.45) is 2.29. The molecule has 0 atom stereocenters. The topological polar surface area (TPSA) is 76.0 Å². The predicted molar refractivity (Wildman–Crippen MR) is 78.1 cm³/mol. The van der Waals surface area contributed by atoms with Crippen molar-refractivity contribution in [2.45, 2.75) is 11.3 Å². The van der Waals surface area contributed by atoms with Crippen LogP contribution in [0.1, 0.15) is 5.69 Å². The van der Waals surface area contributed by atoms with Crippen LogP contribution in [0, 0.1) is 0 Å². The molecule has 0 saturated heterocycles. The molecule has 7 heteroatoms. The maximum absolute atomic E-state index is 12.3. The normalized spacial score (nSPS) is 11.5. The van der Waals surface area contributed by atoms with Gasteiger partial charge in [0.15, 0.2) is 0 Å². The van der Waals surface area contributed by atoms with Gasteiger partial charge in [-0.3, -0.25) is 4.68 Å². The first-order chi connectivity index (χ1) is 9.54. The fraction of sp³-hybridized carbons (Fsp3) is 0.308. The third-order valence-corrected chi connectivity index (χ3v) is 4.56. The first-order valence-corrected chi connectivity index (χ1v) is 7.76. The van der Waals surface area contributed by atoms with Gasteiger partial charge in [0.25, 0.3) is 0 Å². The van der Waals surface area contributed by atoms with Crippen LogP contribution in [0.3, 0.4) is 0 Å². The van der Waals surface area contributed by atoms with Crippen LogP contribution in [-0.2, 0) is 23.5 Å². The Morgan fingerprint density at radius 3 is 2.65 bits per heavy atom. The fourth-order valence-corrected chi connectivity index (χ4v) is 3.19. The average molecular weight is 294 g/mol. The van der Waals surface area contributed by atoms with Gasteiger partial charge in [-0.25, -0.2) is 13.1 Å². The van der Waals surface area contributed by atoms with Gasteiger partial charge < -0.3 is 5.32 Å². The van der Waals surface area contributed by atoms with E-state index in [9.17, 15) is 8.42 Å². The average Bonchev–Trinajstić information content (AvgIpc) is 2.84. The first kappa shape index (κ1) is 14.5. The molecule has 2 rings (SSSR count). The quantitative estimate of drug-likeness (QED) is 0.833. The van der Waals surface area contributed by atoms with Gasteiger partial charge in [0.2, 0.25) is 10.0 Å². The highest BCUT2D eigenvalue weighted by molar-refractivity contribution is 7.89. The van der Waals surface area contributed by atoms with Crippen LogP contribution in [0.15, 0.2) is 41.4 Å². The number of benzene rings is 1. The standard InChI is InChI=1S/C13H18N4O2S/c1-14-12-5-3-4-6-13(12)20(18,19)16-10-8-11-7-9-15-17(11)2/h3-7,9,14,16H,8,10H2,1-2H3. The Balaban J connectivity index is 2.06. The molecule has 0 aliphatic carbocycles. The second-order valence-corrected chi connectivity index (χ2v) is 6.08. The van der Waals surface area contributed by atoms with Crippen molar-refractivity contribution in [3.05, 3.63) is 42.2 Å². The van der Waals surface area contributed by atoms with Crippen LogP contribution in [0.4, 0.5) is 5.69 Å². The summed E-state index contributed by atoms with van der Waals surface area (Å²) >= 11 is 0. The molecule has 0 fully saturated rings. The smallest absolute Gasteiger partial charge is 0.242 e. The van der Waals surface area contributed by atoms with Crippen molar-refractivity contribution in [3.8, 4) is 0 Å². The number of sulfonamides is 1. The Morgan fingerprint density at radius 1 is 1.25 bits per heavy atom. The van der Waals surface area contributed by atoms with E-state index in [1.54, 1.807) is 42.2 Å². The van der Waals surface area contributed by atoms with Crippen molar-refractivity contribution >= 4 is 15.7 Å². The Bertz CT molecular complexity index is 679. The third-order valence-electron chi connectivity index (χ3n) is 3.04. The molecule has 0 amide bonds. The van der Waals surface area contributed by atoms with Gasteiger partial charge >= 0.3 is 0 Å². The van der Waals surface area contributed by atoms with E-state index in [0.29, 0.717) is 18.7 Å². The lowest BCUT2D eigenvalue weighted by Crippen LogP contribution is -2.27. The van der Waals surface area contributed by atoms with Crippen LogP contribution in [0.25, 0.3) is 0 Å². The Kier molecular flexibility index (Phi) is 4.41. The molecule has 0 bridgehead atoms. The SMILES string of the molecule is CNc1ccccc1S(=O)(=O)NCCc1ccnn1C. The molecule has 2 aromatic rings. The molecule has 0 unspecified atom stereocenters. The Morgan fingerprint density at radius 2 is 2.00 bits per heavy atom. The van der Waals surface area contributed by atoms with Crippen LogP contribution in [-0.4, -0.2) is 31.8 Å². The minimum atomic E-state index is -3.51. The highest BCUT2D eigenvalue weighted by Gasteiger charge is 2.17. The summed E-state index contributed by atoms with van der Waals surface area (Å²) in [7, 11) is 0.0206. The van der Waals surface area contributed by atoms with Gasteiger partial charge in [0.05, 0.1) is 5.69 Å². The zero-order chi connectivity index (χ0) is 14.6. The Labute approximate surface area is 118 Å². The number of nitrogens with zero attached hydrogens (tertiary/aromatic N) is 2. The van der Waals surface area contributed by atoms with E-state index in [1.807, 2.05) is 13.1 Å². The fourth-order valence-electron chi connectivity index (χ4n) is 1.95. The summed E-state index contributed by atoms with van der Waals surface area (Å²) in [6, 6.07) is 8.68. The van der Waals surface area contributed by atoms with E-state index in [1.165, 1.54) is 0 Å². The molecular weight excluding hydrogens is 276 g/mol. The lowest BCUT2D eigenvalue weighted by atomic mass is 10.3. The van der Waals surface area contributed by atoms with E-state index in [0.717, 1.165) is 5.69 Å². The van der Waals surface area contributed by atoms with Gasteiger partial charge in [-0.05, 0) is 18.2 Å². The third kappa shape index (κ3) is 3.17. The van der Waals surface area contributed by atoms with Crippen LogP contribution < -0.4 is 10.0 Å². The van der Waals surface area contributed by atoms with Crippen LogP contribution in [0.5, 0.6) is 0 Å². The zero-order valence-corrected chi connectivity index (χ0v) is 12.3.